The number of likely N-dealkylation sites (tertiary alicyclic amines) is 1. The molecule has 0 saturated carbocycles. The van der Waals surface area contributed by atoms with Crippen molar-refractivity contribution in [2.45, 2.75) is 23.6 Å². The van der Waals surface area contributed by atoms with Gasteiger partial charge in [0.1, 0.15) is 11.4 Å². The molecule has 13 nitrogen and oxygen atoms in total. The fourth-order valence-corrected chi connectivity index (χ4v) is 6.88. The third-order valence-electron chi connectivity index (χ3n) is 8.56. The van der Waals surface area contributed by atoms with Crippen LogP contribution in [0.15, 0.2) is 72.8 Å². The number of amides is 6. The Morgan fingerprint density at radius 1 is 0.870 bits per heavy atom. The normalized spacial score (nSPS) is 19.9. The molecule has 2 unspecified atom stereocenters. The van der Waals surface area contributed by atoms with Crippen molar-refractivity contribution in [3.8, 4) is 5.75 Å². The summed E-state index contributed by atoms with van der Waals surface area (Å²) in [6.07, 6.45) is 0. The van der Waals surface area contributed by atoms with Gasteiger partial charge in [-0.25, -0.2) is 4.79 Å². The van der Waals surface area contributed by atoms with Crippen molar-refractivity contribution in [1.29, 1.82) is 0 Å². The Morgan fingerprint density at radius 2 is 1.43 bits per heavy atom. The number of nitrogens with zero attached hydrogens (tertiary/aromatic N) is 2. The van der Waals surface area contributed by atoms with Crippen molar-refractivity contribution in [3.63, 3.8) is 0 Å². The molecule has 4 rings (SSSR count). The second-order valence-corrected chi connectivity index (χ2v) is 11.7. The molecule has 0 aliphatic carbocycles. The first-order chi connectivity index (χ1) is 21.6. The van der Waals surface area contributed by atoms with Gasteiger partial charge in [0.2, 0.25) is 22.8 Å². The molecule has 3 aromatic carbocycles. The van der Waals surface area contributed by atoms with Crippen LogP contribution >= 0.6 is 23.2 Å². The number of urea groups is 1. The van der Waals surface area contributed by atoms with Gasteiger partial charge in [-0.15, -0.1) is 0 Å². The summed E-state index contributed by atoms with van der Waals surface area (Å²) >= 11 is 12.5. The lowest BCUT2D eigenvalue weighted by atomic mass is 9.48. The lowest BCUT2D eigenvalue weighted by Gasteiger charge is -2.62. The zero-order valence-electron chi connectivity index (χ0n) is 24.8. The van der Waals surface area contributed by atoms with Crippen molar-refractivity contribution in [2.75, 3.05) is 20.7 Å². The standard InChI is InChI=1S/C31H32Cl2N6O7/c1-38(15-18-8-6-7-11-23(18)46-2)28(44)39-16-20(17-12-13-21(32)22(33)14-17)31(45,19-9-4-3-5-10-19)29(24(34)40,25(35)41)30(39,26(36)42)27(37)43/h3-14,20,45H,15-16H2,1-2H3,(H2,34,40)(H2,35,41)(H2,36,42)(H2,37,43). The summed E-state index contributed by atoms with van der Waals surface area (Å²) in [5.41, 5.74) is 14.2. The Kier molecular flexibility index (Phi) is 9.25. The van der Waals surface area contributed by atoms with Crippen LogP contribution in [0.5, 0.6) is 5.75 Å². The number of piperidine rings is 1. The largest absolute Gasteiger partial charge is 0.496 e. The fourth-order valence-electron chi connectivity index (χ4n) is 6.57. The Morgan fingerprint density at radius 3 is 1.96 bits per heavy atom. The molecule has 15 heteroatoms. The minimum Gasteiger partial charge on any atom is -0.496 e. The van der Waals surface area contributed by atoms with Crippen LogP contribution in [0.25, 0.3) is 0 Å². The first-order valence-corrected chi connectivity index (χ1v) is 14.5. The SMILES string of the molecule is COc1ccccc1CN(C)C(=O)N1CC(c2ccc(Cl)c(Cl)c2)C(O)(c2ccccc2)C(C(N)=O)(C(N)=O)C1(C(N)=O)C(N)=O. The number of primary amides is 4. The smallest absolute Gasteiger partial charge is 0.321 e. The number of para-hydroxylation sites is 1. The maximum absolute atomic E-state index is 14.5. The molecule has 1 saturated heterocycles. The molecule has 0 spiro atoms. The predicted octanol–water partition coefficient (Wildman–Crippen LogP) is 1.21. The average molecular weight is 672 g/mol. The molecular weight excluding hydrogens is 639 g/mol. The lowest BCUT2D eigenvalue weighted by molar-refractivity contribution is -0.212. The van der Waals surface area contributed by atoms with E-state index in [2.05, 4.69) is 0 Å². The average Bonchev–Trinajstić information content (AvgIpc) is 3.01. The molecule has 1 aliphatic heterocycles. The molecule has 1 heterocycles. The highest BCUT2D eigenvalue weighted by atomic mass is 35.5. The number of rotatable bonds is 9. The molecule has 2 atom stereocenters. The van der Waals surface area contributed by atoms with E-state index in [0.29, 0.717) is 16.2 Å². The molecular formula is C31H32Cl2N6O7. The minimum absolute atomic E-state index is 0.00568. The molecule has 6 amide bonds. The van der Waals surface area contributed by atoms with Gasteiger partial charge in [0.15, 0.2) is 0 Å². The third kappa shape index (κ3) is 4.78. The van der Waals surface area contributed by atoms with E-state index in [9.17, 15) is 29.1 Å². The second-order valence-electron chi connectivity index (χ2n) is 10.8. The highest BCUT2D eigenvalue weighted by Crippen LogP contribution is 2.60. The van der Waals surface area contributed by atoms with Gasteiger partial charge in [-0.05, 0) is 29.3 Å². The van der Waals surface area contributed by atoms with Gasteiger partial charge in [0, 0.05) is 25.1 Å². The van der Waals surface area contributed by atoms with Gasteiger partial charge in [0.05, 0.1) is 23.7 Å². The summed E-state index contributed by atoms with van der Waals surface area (Å²) in [5, 5.41) is 13.1. The Labute approximate surface area is 273 Å². The van der Waals surface area contributed by atoms with Crippen molar-refractivity contribution in [2.24, 2.45) is 28.3 Å². The van der Waals surface area contributed by atoms with E-state index in [-0.39, 0.29) is 27.7 Å². The Balaban J connectivity index is 2.13. The van der Waals surface area contributed by atoms with E-state index in [4.69, 9.17) is 50.9 Å². The van der Waals surface area contributed by atoms with Crippen LogP contribution in [0.4, 0.5) is 4.79 Å². The van der Waals surface area contributed by atoms with Gasteiger partial charge in [-0.2, -0.15) is 0 Å². The maximum atomic E-state index is 14.5. The van der Waals surface area contributed by atoms with Gasteiger partial charge >= 0.3 is 6.03 Å². The van der Waals surface area contributed by atoms with Crippen LogP contribution in [-0.2, 0) is 31.3 Å². The van der Waals surface area contributed by atoms with Gasteiger partial charge < -0.3 is 37.7 Å². The zero-order chi connectivity index (χ0) is 34.2. The quantitative estimate of drug-likeness (QED) is 0.209. The van der Waals surface area contributed by atoms with Crippen molar-refractivity contribution in [1.82, 2.24) is 9.80 Å². The molecule has 46 heavy (non-hydrogen) atoms. The first-order valence-electron chi connectivity index (χ1n) is 13.7. The van der Waals surface area contributed by atoms with Crippen molar-refractivity contribution in [3.05, 3.63) is 99.5 Å². The number of halogens is 2. The van der Waals surface area contributed by atoms with E-state index in [1.54, 1.807) is 30.3 Å². The number of ether oxygens (including phenoxy) is 1. The molecule has 3 aromatic rings. The van der Waals surface area contributed by atoms with E-state index in [0.717, 1.165) is 4.90 Å². The molecule has 0 aromatic heterocycles. The van der Waals surface area contributed by atoms with Crippen LogP contribution < -0.4 is 27.7 Å². The maximum Gasteiger partial charge on any atom is 0.321 e. The zero-order valence-corrected chi connectivity index (χ0v) is 26.3. The summed E-state index contributed by atoms with van der Waals surface area (Å²) in [6.45, 7) is -0.889. The molecule has 0 radical (unpaired) electrons. The number of methoxy groups -OCH3 is 1. The number of aliphatic hydroxyl groups is 1. The van der Waals surface area contributed by atoms with Crippen LogP contribution in [-0.4, -0.2) is 70.8 Å². The molecule has 242 valence electrons. The van der Waals surface area contributed by atoms with Crippen LogP contribution in [0.2, 0.25) is 10.0 Å². The summed E-state index contributed by atoms with van der Waals surface area (Å²) in [4.78, 5) is 71.3. The van der Waals surface area contributed by atoms with Crippen molar-refractivity contribution >= 4 is 52.9 Å². The molecule has 0 bridgehead atoms. The summed E-state index contributed by atoms with van der Waals surface area (Å²) in [5.74, 6) is -8.09. The Hall–Kier alpha value is -4.85. The van der Waals surface area contributed by atoms with E-state index in [1.807, 2.05) is 0 Å². The third-order valence-corrected chi connectivity index (χ3v) is 9.30. The van der Waals surface area contributed by atoms with Crippen LogP contribution in [0, 0.1) is 5.41 Å². The van der Waals surface area contributed by atoms with Gasteiger partial charge in [-0.1, -0.05) is 77.8 Å². The second kappa shape index (κ2) is 12.5. The topological polar surface area (TPSA) is 225 Å². The summed E-state index contributed by atoms with van der Waals surface area (Å²) in [7, 11) is 2.75. The number of nitrogens with two attached hydrogens (primary N) is 4. The van der Waals surface area contributed by atoms with Gasteiger partial charge in [-0.3, -0.25) is 24.1 Å². The number of benzene rings is 3. The predicted molar refractivity (Wildman–Crippen MR) is 168 cm³/mol. The molecule has 1 aliphatic rings. The number of hydrogen-bond acceptors (Lipinski definition) is 7. The molecule has 1 fully saturated rings. The van der Waals surface area contributed by atoms with Crippen molar-refractivity contribution < 1.29 is 33.8 Å². The minimum atomic E-state index is -3.49. The Bertz CT molecular complexity index is 1690. The number of carbonyl (C=O) groups is 5. The van der Waals surface area contributed by atoms with E-state index in [1.165, 1.54) is 56.6 Å². The number of hydrogen-bond donors (Lipinski definition) is 5. The van der Waals surface area contributed by atoms with Crippen LogP contribution in [0.1, 0.15) is 22.6 Å². The number of carbonyl (C=O) groups excluding carboxylic acids is 5. The summed E-state index contributed by atoms with van der Waals surface area (Å²) < 4.78 is 5.38. The van der Waals surface area contributed by atoms with E-state index < -0.39 is 58.7 Å². The molecule has 9 N–H and O–H groups in total. The summed E-state index contributed by atoms with van der Waals surface area (Å²) in [6, 6.07) is 16.9. The monoisotopic (exact) mass is 670 g/mol. The fraction of sp³-hybridized carbons (Fsp3) is 0.258. The van der Waals surface area contributed by atoms with Gasteiger partial charge in [0.25, 0.3) is 11.8 Å². The van der Waals surface area contributed by atoms with Crippen LogP contribution in [0.3, 0.4) is 0 Å². The first kappa shape index (κ1) is 34.0. The highest BCUT2D eigenvalue weighted by Gasteiger charge is 2.83. The highest BCUT2D eigenvalue weighted by molar-refractivity contribution is 6.42. The van der Waals surface area contributed by atoms with E-state index >= 15 is 0 Å². The lowest BCUT2D eigenvalue weighted by Crippen LogP contribution is -2.88.